The number of aryl methyl sites for hydroxylation is 1. The Morgan fingerprint density at radius 1 is 1.08 bits per heavy atom. The van der Waals surface area contributed by atoms with E-state index in [4.69, 9.17) is 0 Å². The number of rotatable bonds is 4. The highest BCUT2D eigenvalue weighted by Gasteiger charge is 2.09. The molecule has 0 atom stereocenters. The van der Waals surface area contributed by atoms with E-state index in [-0.39, 0.29) is 5.91 Å². The Labute approximate surface area is 154 Å². The third-order valence-corrected chi connectivity index (χ3v) is 5.81. The van der Waals surface area contributed by atoms with Crippen LogP contribution in [0.2, 0.25) is 0 Å². The maximum atomic E-state index is 12.2. The molecule has 0 radical (unpaired) electrons. The fourth-order valence-corrected chi connectivity index (χ4v) is 4.37. The summed E-state index contributed by atoms with van der Waals surface area (Å²) in [4.78, 5) is 17.8. The lowest BCUT2D eigenvalue weighted by atomic mass is 10.1. The van der Waals surface area contributed by atoms with Crippen LogP contribution in [0, 0.1) is 6.92 Å². The van der Waals surface area contributed by atoms with Crippen LogP contribution in [0.5, 0.6) is 0 Å². The normalized spacial score (nSPS) is 11.1. The van der Waals surface area contributed by atoms with Crippen molar-refractivity contribution in [2.45, 2.75) is 11.8 Å². The summed E-state index contributed by atoms with van der Waals surface area (Å²) in [6, 6.07) is 20.6. The third-order valence-electron chi connectivity index (χ3n) is 3.88. The van der Waals surface area contributed by atoms with Crippen LogP contribution in [0.15, 0.2) is 65.6 Å². The lowest BCUT2D eigenvalue weighted by molar-refractivity contribution is -0.113. The number of carbonyl (C=O) groups excluding carboxylic acids is 1. The van der Waals surface area contributed by atoms with Crippen LogP contribution in [-0.2, 0) is 4.79 Å². The summed E-state index contributed by atoms with van der Waals surface area (Å²) >= 11 is 3.05. The van der Waals surface area contributed by atoms with Gasteiger partial charge in [-0.25, -0.2) is 4.98 Å². The Morgan fingerprint density at radius 3 is 2.80 bits per heavy atom. The minimum Gasteiger partial charge on any atom is -0.301 e. The van der Waals surface area contributed by atoms with Gasteiger partial charge in [0.05, 0.1) is 16.0 Å². The van der Waals surface area contributed by atoms with Gasteiger partial charge < -0.3 is 5.32 Å². The largest absolute Gasteiger partial charge is 0.301 e. The summed E-state index contributed by atoms with van der Waals surface area (Å²) in [5, 5.41) is 5.96. The molecule has 1 amide bonds. The van der Waals surface area contributed by atoms with Crippen LogP contribution in [0.25, 0.3) is 21.0 Å². The van der Waals surface area contributed by atoms with Gasteiger partial charge in [0.1, 0.15) is 0 Å². The predicted molar refractivity (Wildman–Crippen MR) is 108 cm³/mol. The topological polar surface area (TPSA) is 42.0 Å². The summed E-state index contributed by atoms with van der Waals surface area (Å²) in [6.45, 7) is 2.05. The number of benzene rings is 3. The molecule has 25 heavy (non-hydrogen) atoms. The Morgan fingerprint density at radius 2 is 1.92 bits per heavy atom. The minimum atomic E-state index is -0.0334. The molecule has 0 bridgehead atoms. The van der Waals surface area contributed by atoms with Gasteiger partial charge in [-0.05, 0) is 47.5 Å². The molecule has 3 aromatic carbocycles. The molecule has 3 nitrogen and oxygen atoms in total. The first kappa shape index (κ1) is 16.1. The zero-order chi connectivity index (χ0) is 17.2. The van der Waals surface area contributed by atoms with Gasteiger partial charge in [-0.15, -0.1) is 11.8 Å². The number of hydrogen-bond donors (Lipinski definition) is 1. The molecule has 1 N–H and O–H groups in total. The summed E-state index contributed by atoms with van der Waals surface area (Å²) in [5.41, 5.74) is 2.12. The van der Waals surface area contributed by atoms with E-state index in [0.717, 1.165) is 15.1 Å². The number of hydrogen-bond acceptors (Lipinski definition) is 4. The van der Waals surface area contributed by atoms with Gasteiger partial charge in [-0.3, -0.25) is 4.79 Å². The molecular weight excluding hydrogens is 348 g/mol. The van der Waals surface area contributed by atoms with E-state index in [2.05, 4.69) is 53.6 Å². The van der Waals surface area contributed by atoms with E-state index >= 15 is 0 Å². The third kappa shape index (κ3) is 3.67. The molecule has 0 saturated carbocycles. The number of carbonyl (C=O) groups is 1. The average Bonchev–Trinajstić information content (AvgIpc) is 3.01. The van der Waals surface area contributed by atoms with E-state index in [9.17, 15) is 4.79 Å². The molecule has 124 valence electrons. The highest BCUT2D eigenvalue weighted by atomic mass is 32.2. The molecule has 0 saturated heterocycles. The Bertz CT molecular complexity index is 1070. The lowest BCUT2D eigenvalue weighted by Gasteiger charge is -2.04. The molecule has 0 aliphatic carbocycles. The predicted octanol–water partition coefficient (Wildman–Crippen LogP) is 5.49. The fourth-order valence-electron chi connectivity index (χ4n) is 2.65. The Hall–Kier alpha value is -2.37. The smallest absolute Gasteiger partial charge is 0.236 e. The van der Waals surface area contributed by atoms with Crippen molar-refractivity contribution in [2.75, 3.05) is 11.1 Å². The van der Waals surface area contributed by atoms with Crippen molar-refractivity contribution < 1.29 is 4.79 Å². The number of nitrogens with one attached hydrogen (secondary N) is 1. The van der Waals surface area contributed by atoms with Gasteiger partial charge >= 0.3 is 0 Å². The Balaban J connectivity index is 1.42. The van der Waals surface area contributed by atoms with Gasteiger partial charge in [0.2, 0.25) is 5.91 Å². The number of fused-ring (bicyclic) bond motifs is 2. The van der Waals surface area contributed by atoms with E-state index in [0.29, 0.717) is 10.9 Å². The summed E-state index contributed by atoms with van der Waals surface area (Å²) in [6.07, 6.45) is 0. The number of thiazole rings is 1. The molecule has 0 spiro atoms. The Kier molecular flexibility index (Phi) is 4.42. The van der Waals surface area contributed by atoms with Gasteiger partial charge in [0.15, 0.2) is 5.13 Å². The number of anilines is 1. The quantitative estimate of drug-likeness (QED) is 0.487. The number of nitrogens with zero attached hydrogens (tertiary/aromatic N) is 1. The zero-order valence-electron chi connectivity index (χ0n) is 13.7. The molecule has 1 aromatic heterocycles. The minimum absolute atomic E-state index is 0.0334. The number of amides is 1. The highest BCUT2D eigenvalue weighted by molar-refractivity contribution is 8.00. The van der Waals surface area contributed by atoms with Gasteiger partial charge in [-0.2, -0.15) is 0 Å². The molecule has 0 aliphatic heterocycles. The second kappa shape index (κ2) is 6.86. The van der Waals surface area contributed by atoms with Crippen molar-refractivity contribution in [1.29, 1.82) is 0 Å². The maximum Gasteiger partial charge on any atom is 0.236 e. The van der Waals surface area contributed by atoms with Crippen LogP contribution in [0.3, 0.4) is 0 Å². The fraction of sp³-hybridized carbons (Fsp3) is 0.100. The van der Waals surface area contributed by atoms with Crippen LogP contribution < -0.4 is 5.32 Å². The van der Waals surface area contributed by atoms with Crippen molar-refractivity contribution >= 4 is 55.1 Å². The van der Waals surface area contributed by atoms with Gasteiger partial charge in [-0.1, -0.05) is 47.7 Å². The van der Waals surface area contributed by atoms with Crippen molar-refractivity contribution in [3.05, 3.63) is 66.2 Å². The van der Waals surface area contributed by atoms with Crippen molar-refractivity contribution in [1.82, 2.24) is 4.98 Å². The first-order valence-corrected chi connectivity index (χ1v) is 9.76. The first-order valence-electron chi connectivity index (χ1n) is 7.96. The molecule has 1 heterocycles. The lowest BCUT2D eigenvalue weighted by Crippen LogP contribution is -2.13. The van der Waals surface area contributed by atoms with Crippen LogP contribution in [-0.4, -0.2) is 16.6 Å². The van der Waals surface area contributed by atoms with Crippen molar-refractivity contribution in [3.8, 4) is 0 Å². The van der Waals surface area contributed by atoms with E-state index in [1.54, 1.807) is 0 Å². The molecule has 0 fully saturated rings. The van der Waals surface area contributed by atoms with Gasteiger partial charge in [0.25, 0.3) is 0 Å². The zero-order valence-corrected chi connectivity index (χ0v) is 15.3. The second-order valence-corrected chi connectivity index (χ2v) is 7.92. The van der Waals surface area contributed by atoms with Crippen LogP contribution >= 0.6 is 23.1 Å². The molecular formula is C20H16N2OS2. The van der Waals surface area contributed by atoms with E-state index in [1.807, 2.05) is 24.3 Å². The van der Waals surface area contributed by atoms with Crippen molar-refractivity contribution in [2.24, 2.45) is 0 Å². The maximum absolute atomic E-state index is 12.2. The standard InChI is InChI=1S/C20H16N2OS2/c1-13-6-9-17-18(10-13)25-20(21-17)22-19(23)12-24-16-8-7-14-4-2-3-5-15(14)11-16/h2-11H,12H2,1H3,(H,21,22,23). The number of thioether (sulfide) groups is 1. The van der Waals surface area contributed by atoms with Gasteiger partial charge in [0, 0.05) is 4.90 Å². The second-order valence-electron chi connectivity index (χ2n) is 5.84. The molecule has 4 aromatic rings. The number of aromatic nitrogens is 1. The summed E-state index contributed by atoms with van der Waals surface area (Å²) < 4.78 is 1.09. The molecule has 5 heteroatoms. The first-order chi connectivity index (χ1) is 12.2. The molecule has 0 unspecified atom stereocenters. The molecule has 0 aliphatic rings. The van der Waals surface area contributed by atoms with Crippen molar-refractivity contribution in [3.63, 3.8) is 0 Å². The highest BCUT2D eigenvalue weighted by Crippen LogP contribution is 2.27. The van der Waals surface area contributed by atoms with Crippen LogP contribution in [0.4, 0.5) is 5.13 Å². The van der Waals surface area contributed by atoms with E-state index < -0.39 is 0 Å². The SMILES string of the molecule is Cc1ccc2nc(NC(=O)CSc3ccc4ccccc4c3)sc2c1. The molecule has 4 rings (SSSR count). The summed E-state index contributed by atoms with van der Waals surface area (Å²) in [5.74, 6) is 0.335. The van der Waals surface area contributed by atoms with Crippen LogP contribution in [0.1, 0.15) is 5.56 Å². The monoisotopic (exact) mass is 364 g/mol. The summed E-state index contributed by atoms with van der Waals surface area (Å²) in [7, 11) is 0. The van der Waals surface area contributed by atoms with E-state index in [1.165, 1.54) is 39.4 Å². The average molecular weight is 364 g/mol.